The van der Waals surface area contributed by atoms with Crippen LogP contribution in [0.1, 0.15) is 11.3 Å². The second-order valence-corrected chi connectivity index (χ2v) is 7.78. The molecule has 0 aliphatic rings. The normalized spacial score (nSPS) is 11.3. The summed E-state index contributed by atoms with van der Waals surface area (Å²) in [5.74, 6) is -0.881. The van der Waals surface area contributed by atoms with Gasteiger partial charge in [-0.05, 0) is 35.9 Å². The van der Waals surface area contributed by atoms with Gasteiger partial charge in [0.2, 0.25) is 5.95 Å². The number of alkyl halides is 3. The fourth-order valence-corrected chi connectivity index (χ4v) is 3.72. The van der Waals surface area contributed by atoms with Crippen molar-refractivity contribution in [2.45, 2.75) is 12.8 Å². The number of rotatable bonds is 7. The van der Waals surface area contributed by atoms with Gasteiger partial charge in [0, 0.05) is 22.8 Å². The number of aromatic hydroxyl groups is 1. The number of hydrogen-bond acceptors (Lipinski definition) is 7. The van der Waals surface area contributed by atoms with Crippen molar-refractivity contribution < 1.29 is 36.9 Å². The average molecular weight is 515 g/mol. The van der Waals surface area contributed by atoms with Gasteiger partial charge in [0.1, 0.15) is 23.9 Å². The van der Waals surface area contributed by atoms with Crippen molar-refractivity contribution in [3.05, 3.63) is 77.7 Å². The van der Waals surface area contributed by atoms with E-state index in [1.165, 1.54) is 62.8 Å². The van der Waals surface area contributed by atoms with Gasteiger partial charge in [0.15, 0.2) is 17.2 Å². The Morgan fingerprint density at radius 1 is 0.919 bits per heavy atom. The van der Waals surface area contributed by atoms with Crippen molar-refractivity contribution in [2.24, 2.45) is 0 Å². The third kappa shape index (κ3) is 5.35. The van der Waals surface area contributed by atoms with Crippen LogP contribution < -0.4 is 19.9 Å². The Balaban J connectivity index is 1.82. The first-order chi connectivity index (χ1) is 17.6. The first-order valence-corrected chi connectivity index (χ1v) is 10.8. The molecule has 192 valence electrons. The quantitative estimate of drug-likeness (QED) is 0.298. The van der Waals surface area contributed by atoms with Crippen molar-refractivity contribution >= 4 is 5.95 Å². The molecule has 0 aliphatic carbocycles. The van der Waals surface area contributed by atoms with Crippen molar-refractivity contribution in [3.8, 4) is 45.4 Å². The van der Waals surface area contributed by atoms with Crippen LogP contribution in [0, 0.1) is 5.82 Å². The third-order valence-corrected chi connectivity index (χ3v) is 5.44. The molecule has 0 saturated carbocycles. The van der Waals surface area contributed by atoms with E-state index in [0.29, 0.717) is 11.3 Å². The lowest BCUT2D eigenvalue weighted by molar-refractivity contribution is -0.140. The van der Waals surface area contributed by atoms with E-state index in [1.807, 2.05) is 0 Å². The molecule has 0 unspecified atom stereocenters. The van der Waals surface area contributed by atoms with Crippen molar-refractivity contribution in [1.82, 2.24) is 9.97 Å². The van der Waals surface area contributed by atoms with Crippen LogP contribution >= 0.6 is 0 Å². The van der Waals surface area contributed by atoms with Crippen molar-refractivity contribution in [2.75, 3.05) is 20.0 Å². The minimum absolute atomic E-state index is 0.0531. The number of nitrogen functional groups attached to an aromatic ring is 1. The Labute approximate surface area is 209 Å². The van der Waals surface area contributed by atoms with E-state index in [0.717, 1.165) is 0 Å². The summed E-state index contributed by atoms with van der Waals surface area (Å²) in [6, 6.07) is 14.1. The molecular weight excluding hydrogens is 494 g/mol. The van der Waals surface area contributed by atoms with E-state index in [1.54, 1.807) is 12.1 Å². The van der Waals surface area contributed by atoms with Crippen LogP contribution in [0.15, 0.2) is 60.7 Å². The van der Waals surface area contributed by atoms with Crippen molar-refractivity contribution in [3.63, 3.8) is 0 Å². The molecule has 0 atom stereocenters. The molecule has 0 amide bonds. The van der Waals surface area contributed by atoms with Gasteiger partial charge >= 0.3 is 6.18 Å². The molecule has 37 heavy (non-hydrogen) atoms. The van der Waals surface area contributed by atoms with Gasteiger partial charge in [0.05, 0.1) is 19.9 Å². The molecule has 0 bridgehead atoms. The van der Waals surface area contributed by atoms with Crippen LogP contribution in [0.4, 0.5) is 23.5 Å². The Morgan fingerprint density at radius 2 is 1.65 bits per heavy atom. The first-order valence-electron chi connectivity index (χ1n) is 10.8. The number of aromatic nitrogens is 2. The number of methoxy groups -OCH3 is 2. The zero-order chi connectivity index (χ0) is 26.7. The van der Waals surface area contributed by atoms with Gasteiger partial charge in [-0.15, -0.1) is 0 Å². The lowest BCUT2D eigenvalue weighted by Crippen LogP contribution is -2.14. The fourth-order valence-electron chi connectivity index (χ4n) is 3.72. The molecule has 0 radical (unpaired) electrons. The highest BCUT2D eigenvalue weighted by Gasteiger charge is 2.38. The third-order valence-electron chi connectivity index (χ3n) is 5.44. The molecule has 1 heterocycles. The number of halogens is 4. The lowest BCUT2D eigenvalue weighted by Gasteiger charge is -2.18. The minimum Gasteiger partial charge on any atom is -0.507 e. The second-order valence-electron chi connectivity index (χ2n) is 7.78. The van der Waals surface area contributed by atoms with E-state index < -0.39 is 34.9 Å². The van der Waals surface area contributed by atoms with E-state index in [9.17, 15) is 22.7 Å². The fraction of sp³-hybridized carbons (Fsp3) is 0.154. The van der Waals surface area contributed by atoms with Gasteiger partial charge in [-0.1, -0.05) is 24.3 Å². The number of phenols is 1. The predicted molar refractivity (Wildman–Crippen MR) is 128 cm³/mol. The summed E-state index contributed by atoms with van der Waals surface area (Å²) in [7, 11) is 2.74. The van der Waals surface area contributed by atoms with Gasteiger partial charge in [0.25, 0.3) is 0 Å². The summed E-state index contributed by atoms with van der Waals surface area (Å²) in [6.07, 6.45) is -4.90. The summed E-state index contributed by atoms with van der Waals surface area (Å²) in [4.78, 5) is 7.48. The molecular formula is C26H21F4N3O4. The highest BCUT2D eigenvalue weighted by molar-refractivity contribution is 5.86. The number of nitrogens with zero attached hydrogens (tertiary/aromatic N) is 2. The maximum absolute atomic E-state index is 14.1. The van der Waals surface area contributed by atoms with E-state index in [-0.39, 0.29) is 34.9 Å². The minimum atomic E-state index is -4.90. The molecule has 4 rings (SSSR count). The Hall–Kier alpha value is -4.54. The van der Waals surface area contributed by atoms with Crippen molar-refractivity contribution in [1.29, 1.82) is 0 Å². The Bertz CT molecular complexity index is 1440. The van der Waals surface area contributed by atoms with E-state index >= 15 is 0 Å². The van der Waals surface area contributed by atoms with Crippen LogP contribution in [-0.4, -0.2) is 29.3 Å². The molecule has 0 saturated heterocycles. The van der Waals surface area contributed by atoms with Gasteiger partial charge in [-0.2, -0.15) is 13.2 Å². The van der Waals surface area contributed by atoms with Gasteiger partial charge < -0.3 is 25.1 Å². The maximum Gasteiger partial charge on any atom is 0.434 e. The first kappa shape index (κ1) is 25.5. The summed E-state index contributed by atoms with van der Waals surface area (Å²) in [5, 5.41) is 10.8. The molecule has 3 N–H and O–H groups in total. The number of phenolic OH excluding ortho intramolecular Hbond substituents is 1. The van der Waals surface area contributed by atoms with Crippen LogP contribution in [0.3, 0.4) is 0 Å². The lowest BCUT2D eigenvalue weighted by atomic mass is 9.96. The molecule has 1 aromatic heterocycles. The predicted octanol–water partition coefficient (Wildman–Crippen LogP) is 5.85. The molecule has 0 fully saturated rings. The largest absolute Gasteiger partial charge is 0.507 e. The number of nitrogens with two attached hydrogens (primary N) is 1. The van der Waals surface area contributed by atoms with Crippen LogP contribution in [0.2, 0.25) is 0 Å². The molecule has 4 aromatic rings. The maximum atomic E-state index is 14.1. The smallest absolute Gasteiger partial charge is 0.434 e. The zero-order valence-corrected chi connectivity index (χ0v) is 19.6. The van der Waals surface area contributed by atoms with Crippen LogP contribution in [-0.2, 0) is 12.8 Å². The van der Waals surface area contributed by atoms with E-state index in [2.05, 4.69) is 9.97 Å². The summed E-state index contributed by atoms with van der Waals surface area (Å²) < 4.78 is 72.1. The highest BCUT2D eigenvalue weighted by Crippen LogP contribution is 2.45. The zero-order valence-electron chi connectivity index (χ0n) is 19.6. The Kier molecular flexibility index (Phi) is 7.05. The van der Waals surface area contributed by atoms with E-state index in [4.69, 9.17) is 19.9 Å². The molecule has 7 nitrogen and oxygen atoms in total. The SMILES string of the molecule is COc1ccc(-c2c(-c3ccc(OCc4ccccc4F)cc3O)nc(N)nc2C(F)(F)F)cc1OC. The topological polar surface area (TPSA) is 99.7 Å². The molecule has 11 heteroatoms. The molecule has 3 aromatic carbocycles. The number of benzene rings is 3. The summed E-state index contributed by atoms with van der Waals surface area (Å²) in [5.41, 5.74) is 3.97. The average Bonchev–Trinajstić information content (AvgIpc) is 2.87. The molecule has 0 spiro atoms. The summed E-state index contributed by atoms with van der Waals surface area (Å²) >= 11 is 0. The number of ether oxygens (including phenoxy) is 3. The summed E-state index contributed by atoms with van der Waals surface area (Å²) in [6.45, 7) is -0.124. The number of hydrogen-bond donors (Lipinski definition) is 2. The van der Waals surface area contributed by atoms with Crippen LogP contribution in [0.5, 0.6) is 23.0 Å². The second kappa shape index (κ2) is 10.2. The van der Waals surface area contributed by atoms with Gasteiger partial charge in [-0.3, -0.25) is 0 Å². The molecule has 0 aliphatic heterocycles. The monoisotopic (exact) mass is 515 g/mol. The Morgan fingerprint density at radius 3 is 2.30 bits per heavy atom. The number of anilines is 1. The van der Waals surface area contributed by atoms with Crippen LogP contribution in [0.25, 0.3) is 22.4 Å². The highest BCUT2D eigenvalue weighted by atomic mass is 19.4. The van der Waals surface area contributed by atoms with Gasteiger partial charge in [-0.25, -0.2) is 14.4 Å². The standard InChI is InChI=1S/C26H21F4N3O4/c1-35-20-10-7-14(11-21(20)36-2)22-23(32-25(31)33-24(22)26(28,29)30)17-9-8-16(12-19(17)34)37-13-15-5-3-4-6-18(15)27/h3-12,34H,13H2,1-2H3,(H2,31,32,33).